The van der Waals surface area contributed by atoms with Crippen molar-refractivity contribution < 1.29 is 0 Å². The fraction of sp³-hybridized carbons (Fsp3) is 1.00. The van der Waals surface area contributed by atoms with Gasteiger partial charge in [0.25, 0.3) is 0 Å². The zero-order valence-corrected chi connectivity index (χ0v) is 10.7. The van der Waals surface area contributed by atoms with Gasteiger partial charge in [0.15, 0.2) is 0 Å². The van der Waals surface area contributed by atoms with E-state index in [2.05, 4.69) is 13.8 Å². The third-order valence-electron chi connectivity index (χ3n) is 5.05. The Morgan fingerprint density at radius 1 is 1.07 bits per heavy atom. The molecule has 0 nitrogen and oxygen atoms in total. The van der Waals surface area contributed by atoms with Crippen molar-refractivity contribution in [2.45, 2.75) is 71.6 Å². The Kier molecular flexibility index (Phi) is 4.11. The highest BCUT2D eigenvalue weighted by Crippen LogP contribution is 2.39. The molecule has 0 spiro atoms. The summed E-state index contributed by atoms with van der Waals surface area (Å²) in [6, 6.07) is 0. The molecule has 15 heavy (non-hydrogen) atoms. The molecule has 2 saturated carbocycles. The highest BCUT2D eigenvalue weighted by molar-refractivity contribution is 4.79. The van der Waals surface area contributed by atoms with Gasteiger partial charge in [-0.3, -0.25) is 0 Å². The van der Waals surface area contributed by atoms with E-state index in [1.54, 1.807) is 0 Å². The van der Waals surface area contributed by atoms with Gasteiger partial charge >= 0.3 is 0 Å². The zero-order chi connectivity index (χ0) is 10.7. The van der Waals surface area contributed by atoms with Crippen LogP contribution < -0.4 is 0 Å². The molecule has 2 fully saturated rings. The molecule has 0 aromatic carbocycles. The first kappa shape index (κ1) is 11.5. The number of hydrogen-bond acceptors (Lipinski definition) is 0. The first-order valence-electron chi connectivity index (χ1n) is 7.25. The van der Waals surface area contributed by atoms with Crippen LogP contribution in [-0.2, 0) is 0 Å². The van der Waals surface area contributed by atoms with Crippen LogP contribution in [0, 0.1) is 23.7 Å². The van der Waals surface area contributed by atoms with Crippen LogP contribution in [0.25, 0.3) is 0 Å². The minimum Gasteiger partial charge on any atom is -0.0625 e. The standard InChI is InChI=1S/C15H28/c1-12(11-15-10-8-13(15)2)7-9-14-5-3-4-6-14/h12-15H,3-11H2,1-2H3. The summed E-state index contributed by atoms with van der Waals surface area (Å²) in [6.45, 7) is 4.93. The first-order chi connectivity index (χ1) is 7.25. The Bertz CT molecular complexity index is 178. The molecular formula is C15H28. The highest BCUT2D eigenvalue weighted by Gasteiger charge is 2.28. The summed E-state index contributed by atoms with van der Waals surface area (Å²) in [5, 5.41) is 0. The average Bonchev–Trinajstić information content (AvgIpc) is 2.73. The minimum atomic E-state index is 0.998. The minimum absolute atomic E-state index is 0.998. The molecule has 0 amide bonds. The van der Waals surface area contributed by atoms with Gasteiger partial charge < -0.3 is 0 Å². The maximum Gasteiger partial charge on any atom is -0.0386 e. The van der Waals surface area contributed by atoms with Gasteiger partial charge in [0.05, 0.1) is 0 Å². The van der Waals surface area contributed by atoms with Crippen LogP contribution >= 0.6 is 0 Å². The maximum absolute atomic E-state index is 2.49. The van der Waals surface area contributed by atoms with Crippen molar-refractivity contribution in [1.82, 2.24) is 0 Å². The normalized spacial score (nSPS) is 34.0. The third kappa shape index (κ3) is 3.23. The van der Waals surface area contributed by atoms with Crippen LogP contribution in [0.3, 0.4) is 0 Å². The largest absolute Gasteiger partial charge is 0.0625 e. The third-order valence-corrected chi connectivity index (χ3v) is 5.05. The zero-order valence-electron chi connectivity index (χ0n) is 10.7. The molecule has 0 heterocycles. The lowest BCUT2D eigenvalue weighted by Gasteiger charge is -2.36. The molecule has 0 aliphatic heterocycles. The molecular weight excluding hydrogens is 180 g/mol. The van der Waals surface area contributed by atoms with Gasteiger partial charge in [-0.1, -0.05) is 58.8 Å². The van der Waals surface area contributed by atoms with Gasteiger partial charge in [0.2, 0.25) is 0 Å². The summed E-state index contributed by atoms with van der Waals surface area (Å²) >= 11 is 0. The van der Waals surface area contributed by atoms with Crippen LogP contribution in [-0.4, -0.2) is 0 Å². The molecule has 0 radical (unpaired) electrons. The average molecular weight is 208 g/mol. The molecule has 0 heteroatoms. The van der Waals surface area contributed by atoms with E-state index in [1.165, 1.54) is 57.8 Å². The summed E-state index contributed by atoms with van der Waals surface area (Å²) in [5.41, 5.74) is 0. The van der Waals surface area contributed by atoms with Crippen LogP contribution in [0.4, 0.5) is 0 Å². The highest BCUT2D eigenvalue weighted by atomic mass is 14.3. The van der Waals surface area contributed by atoms with Gasteiger partial charge in [-0.25, -0.2) is 0 Å². The Labute approximate surface area is 95.8 Å². The Balaban J connectivity index is 1.57. The van der Waals surface area contributed by atoms with Crippen molar-refractivity contribution in [2.24, 2.45) is 23.7 Å². The lowest BCUT2D eigenvalue weighted by Crippen LogP contribution is -2.24. The second-order valence-electron chi connectivity index (χ2n) is 6.38. The summed E-state index contributed by atoms with van der Waals surface area (Å²) in [6.07, 6.45) is 13.7. The molecule has 0 aromatic heterocycles. The summed E-state index contributed by atoms with van der Waals surface area (Å²) < 4.78 is 0. The van der Waals surface area contributed by atoms with E-state index in [-0.39, 0.29) is 0 Å². The van der Waals surface area contributed by atoms with Crippen LogP contribution in [0.1, 0.15) is 71.6 Å². The molecule has 0 N–H and O–H groups in total. The predicted octanol–water partition coefficient (Wildman–Crippen LogP) is 5.03. The number of hydrogen-bond donors (Lipinski definition) is 0. The molecule has 2 aliphatic rings. The van der Waals surface area contributed by atoms with E-state index in [1.807, 2.05) is 0 Å². The van der Waals surface area contributed by atoms with Crippen LogP contribution in [0.15, 0.2) is 0 Å². The van der Waals surface area contributed by atoms with E-state index in [9.17, 15) is 0 Å². The number of rotatable bonds is 5. The Morgan fingerprint density at radius 3 is 2.33 bits per heavy atom. The second-order valence-corrected chi connectivity index (χ2v) is 6.38. The predicted molar refractivity (Wildman–Crippen MR) is 66.9 cm³/mol. The molecule has 2 aliphatic carbocycles. The molecule has 0 saturated heterocycles. The Hall–Kier alpha value is 0. The van der Waals surface area contributed by atoms with Gasteiger partial charge in [-0.05, 0) is 36.5 Å². The monoisotopic (exact) mass is 208 g/mol. The van der Waals surface area contributed by atoms with Crippen LogP contribution in [0.5, 0.6) is 0 Å². The van der Waals surface area contributed by atoms with Crippen molar-refractivity contribution in [3.05, 3.63) is 0 Å². The molecule has 88 valence electrons. The topological polar surface area (TPSA) is 0 Å². The SMILES string of the molecule is CC(CCC1CCCC1)CC1CCC1C. The lowest BCUT2D eigenvalue weighted by molar-refractivity contribution is 0.155. The molecule has 3 atom stereocenters. The summed E-state index contributed by atoms with van der Waals surface area (Å²) in [7, 11) is 0. The Morgan fingerprint density at radius 2 is 1.80 bits per heavy atom. The van der Waals surface area contributed by atoms with Crippen molar-refractivity contribution in [3.8, 4) is 0 Å². The van der Waals surface area contributed by atoms with Gasteiger partial charge in [0.1, 0.15) is 0 Å². The molecule has 0 bridgehead atoms. The molecule has 3 unspecified atom stereocenters. The van der Waals surface area contributed by atoms with Crippen molar-refractivity contribution in [3.63, 3.8) is 0 Å². The van der Waals surface area contributed by atoms with Gasteiger partial charge in [0, 0.05) is 0 Å². The van der Waals surface area contributed by atoms with Gasteiger partial charge in [-0.15, -0.1) is 0 Å². The maximum atomic E-state index is 2.49. The lowest BCUT2D eigenvalue weighted by atomic mass is 9.70. The van der Waals surface area contributed by atoms with Crippen LogP contribution in [0.2, 0.25) is 0 Å². The van der Waals surface area contributed by atoms with Crippen molar-refractivity contribution in [1.29, 1.82) is 0 Å². The van der Waals surface area contributed by atoms with E-state index >= 15 is 0 Å². The molecule has 0 aromatic rings. The summed E-state index contributed by atoms with van der Waals surface area (Å²) in [5.74, 6) is 4.23. The smallest absolute Gasteiger partial charge is 0.0386 e. The van der Waals surface area contributed by atoms with E-state index in [0.717, 1.165) is 23.7 Å². The van der Waals surface area contributed by atoms with E-state index < -0.39 is 0 Å². The van der Waals surface area contributed by atoms with E-state index in [4.69, 9.17) is 0 Å². The van der Waals surface area contributed by atoms with Gasteiger partial charge in [-0.2, -0.15) is 0 Å². The fourth-order valence-electron chi connectivity index (χ4n) is 3.54. The van der Waals surface area contributed by atoms with Crippen molar-refractivity contribution in [2.75, 3.05) is 0 Å². The van der Waals surface area contributed by atoms with Crippen molar-refractivity contribution >= 4 is 0 Å². The second kappa shape index (κ2) is 5.37. The fourth-order valence-corrected chi connectivity index (χ4v) is 3.54. The van der Waals surface area contributed by atoms with E-state index in [0.29, 0.717) is 0 Å². The summed E-state index contributed by atoms with van der Waals surface area (Å²) in [4.78, 5) is 0. The quantitative estimate of drug-likeness (QED) is 0.594. The first-order valence-corrected chi connectivity index (χ1v) is 7.25. The molecule has 2 rings (SSSR count).